The number of guanidine groups is 2. The minimum atomic E-state index is -4.67. The summed E-state index contributed by atoms with van der Waals surface area (Å²) in [5, 5.41) is 13.3. The fourth-order valence-corrected chi connectivity index (χ4v) is 0.260. The smallest absolute Gasteiger partial charge is 0.369 e. The van der Waals surface area contributed by atoms with Gasteiger partial charge in [0.25, 0.3) is 0 Å². The molecule has 0 aliphatic heterocycles. The molecule has 0 aromatic heterocycles. The van der Waals surface area contributed by atoms with Gasteiger partial charge in [-0.15, -0.1) is 10.2 Å². The first-order chi connectivity index (χ1) is 7.63. The van der Waals surface area contributed by atoms with Crippen molar-refractivity contribution < 1.29 is 17.5 Å². The van der Waals surface area contributed by atoms with Gasteiger partial charge in [-0.3, -0.25) is 9.11 Å². The molecular weight excluding hydrogens is 256 g/mol. The zero-order valence-electron chi connectivity index (χ0n) is 8.37. The molecule has 0 atom stereocenters. The second-order valence-electron chi connectivity index (χ2n) is 2.03. The van der Waals surface area contributed by atoms with E-state index >= 15 is 0 Å². The van der Waals surface area contributed by atoms with E-state index in [2.05, 4.69) is 20.4 Å². The summed E-state index contributed by atoms with van der Waals surface area (Å²) < 4.78 is 31.6. The van der Waals surface area contributed by atoms with Gasteiger partial charge in [0.2, 0.25) is 11.9 Å². The molecule has 0 saturated heterocycles. The van der Waals surface area contributed by atoms with Crippen LogP contribution in [0.5, 0.6) is 0 Å². The molecule has 0 spiro atoms. The van der Waals surface area contributed by atoms with Crippen molar-refractivity contribution >= 4 is 34.7 Å². The highest BCUT2D eigenvalue weighted by Gasteiger charge is 1.84. The predicted octanol–water partition coefficient (Wildman–Crippen LogP) is -3.15. The van der Waals surface area contributed by atoms with Crippen molar-refractivity contribution in [2.45, 2.75) is 0 Å². The van der Waals surface area contributed by atoms with Gasteiger partial charge in [-0.2, -0.15) is 18.6 Å². The van der Waals surface area contributed by atoms with E-state index < -0.39 is 10.4 Å². The maximum Gasteiger partial charge on any atom is 0.394 e. The Kier molecular flexibility index (Phi) is 9.09. The largest absolute Gasteiger partial charge is 0.394 e. The Morgan fingerprint density at radius 2 is 1.12 bits per heavy atom. The van der Waals surface area contributed by atoms with E-state index in [9.17, 15) is 0 Å². The second-order valence-corrected chi connectivity index (χ2v) is 2.92. The van der Waals surface area contributed by atoms with Gasteiger partial charge in [0.15, 0.2) is 0 Å². The van der Waals surface area contributed by atoms with Gasteiger partial charge in [0, 0.05) is 0 Å². The van der Waals surface area contributed by atoms with Crippen molar-refractivity contribution in [1.29, 1.82) is 0 Å². The van der Waals surface area contributed by atoms with E-state index in [4.69, 9.17) is 40.5 Å². The van der Waals surface area contributed by atoms with Gasteiger partial charge in [0.05, 0.1) is 12.4 Å². The SMILES string of the molecule is NC(N)=NN=CC=NN=C(N)N.O=S(=O)(O)O. The Balaban J connectivity index is 0. The van der Waals surface area contributed by atoms with Crippen molar-refractivity contribution in [2.75, 3.05) is 0 Å². The van der Waals surface area contributed by atoms with Crippen LogP contribution >= 0.6 is 0 Å². The molecule has 0 aromatic carbocycles. The lowest BCUT2D eigenvalue weighted by Gasteiger charge is -1.81. The molecule has 0 aliphatic carbocycles. The molecule has 98 valence electrons. The summed E-state index contributed by atoms with van der Waals surface area (Å²) in [5.41, 5.74) is 19.8. The lowest BCUT2D eigenvalue weighted by atomic mass is 10.8. The van der Waals surface area contributed by atoms with Gasteiger partial charge in [-0.25, -0.2) is 0 Å². The predicted molar refractivity (Wildman–Crippen MR) is 62.8 cm³/mol. The lowest BCUT2D eigenvalue weighted by molar-refractivity contribution is 0.381. The number of rotatable bonds is 3. The van der Waals surface area contributed by atoms with Gasteiger partial charge in [0.1, 0.15) is 0 Å². The Morgan fingerprint density at radius 1 is 0.882 bits per heavy atom. The molecule has 17 heavy (non-hydrogen) atoms. The molecule has 0 amide bonds. The Bertz CT molecular complexity index is 381. The van der Waals surface area contributed by atoms with Crippen molar-refractivity contribution in [3.63, 3.8) is 0 Å². The lowest BCUT2D eigenvalue weighted by Crippen LogP contribution is -2.22. The fraction of sp³-hybridized carbons (Fsp3) is 0. The summed E-state index contributed by atoms with van der Waals surface area (Å²) in [7, 11) is -4.67. The first-order valence-electron chi connectivity index (χ1n) is 3.55. The molecule has 0 aromatic rings. The Labute approximate surface area is 96.4 Å². The van der Waals surface area contributed by atoms with Crippen LogP contribution in [0.2, 0.25) is 0 Å². The molecule has 0 unspecified atom stereocenters. The minimum Gasteiger partial charge on any atom is -0.369 e. The van der Waals surface area contributed by atoms with Crippen LogP contribution in [0.3, 0.4) is 0 Å². The average molecular weight is 268 g/mol. The molecule has 0 rings (SSSR count). The van der Waals surface area contributed by atoms with Gasteiger partial charge >= 0.3 is 10.4 Å². The standard InChI is InChI=1S/C4H10N8.H2O4S/c5-3(6)11-9-1-2-10-12-4(7)8;1-5(2,3)4/h1-2H,(H4,5,6,11)(H4,7,8,12);(H2,1,2,3,4). The van der Waals surface area contributed by atoms with E-state index in [1.165, 1.54) is 12.4 Å². The van der Waals surface area contributed by atoms with Gasteiger partial charge < -0.3 is 22.9 Å². The topological polar surface area (TPSA) is 228 Å². The molecular formula is C4H12N8O4S. The normalized spacial score (nSPS) is 10.7. The molecule has 0 heterocycles. The summed E-state index contributed by atoms with van der Waals surface area (Å²) in [6, 6.07) is 0. The van der Waals surface area contributed by atoms with Crippen LogP contribution in [0, 0.1) is 0 Å². The van der Waals surface area contributed by atoms with E-state index in [0.717, 1.165) is 0 Å². The maximum atomic E-state index is 8.74. The zero-order chi connectivity index (χ0) is 13.9. The highest BCUT2D eigenvalue weighted by atomic mass is 32.3. The summed E-state index contributed by atoms with van der Waals surface area (Å²) in [6.07, 6.45) is 2.46. The Morgan fingerprint density at radius 3 is 1.29 bits per heavy atom. The van der Waals surface area contributed by atoms with Crippen molar-refractivity contribution in [2.24, 2.45) is 43.3 Å². The van der Waals surface area contributed by atoms with Crippen LogP contribution in [0.25, 0.3) is 0 Å². The molecule has 0 radical (unpaired) electrons. The zero-order valence-corrected chi connectivity index (χ0v) is 9.19. The molecule has 13 heteroatoms. The third-order valence-electron chi connectivity index (χ3n) is 0.546. The fourth-order valence-electron chi connectivity index (χ4n) is 0.260. The monoisotopic (exact) mass is 268 g/mol. The van der Waals surface area contributed by atoms with Crippen LogP contribution in [0.4, 0.5) is 0 Å². The van der Waals surface area contributed by atoms with E-state index in [1.54, 1.807) is 0 Å². The average Bonchev–Trinajstić information content (AvgIpc) is 2.07. The summed E-state index contributed by atoms with van der Waals surface area (Å²) in [5.74, 6) is -0.275. The third-order valence-corrected chi connectivity index (χ3v) is 0.546. The molecule has 0 fully saturated rings. The van der Waals surface area contributed by atoms with E-state index in [-0.39, 0.29) is 11.9 Å². The van der Waals surface area contributed by atoms with E-state index in [1.807, 2.05) is 0 Å². The van der Waals surface area contributed by atoms with Gasteiger partial charge in [-0.1, -0.05) is 0 Å². The van der Waals surface area contributed by atoms with Crippen molar-refractivity contribution in [1.82, 2.24) is 0 Å². The van der Waals surface area contributed by atoms with Crippen molar-refractivity contribution in [3.8, 4) is 0 Å². The highest BCUT2D eigenvalue weighted by molar-refractivity contribution is 7.79. The number of nitrogens with two attached hydrogens (primary N) is 4. The molecule has 0 aliphatic rings. The van der Waals surface area contributed by atoms with Crippen LogP contribution in [0.15, 0.2) is 20.4 Å². The third kappa shape index (κ3) is 41.7. The quantitative estimate of drug-likeness (QED) is 0.132. The first kappa shape index (κ1) is 17.2. The maximum absolute atomic E-state index is 8.74. The van der Waals surface area contributed by atoms with E-state index in [0.29, 0.717) is 0 Å². The summed E-state index contributed by atoms with van der Waals surface area (Å²) in [4.78, 5) is 0. The van der Waals surface area contributed by atoms with Crippen LogP contribution in [-0.4, -0.2) is 41.9 Å². The van der Waals surface area contributed by atoms with Crippen molar-refractivity contribution in [3.05, 3.63) is 0 Å². The number of hydrogen-bond donors (Lipinski definition) is 6. The molecule has 12 nitrogen and oxygen atoms in total. The molecule has 10 N–H and O–H groups in total. The van der Waals surface area contributed by atoms with Crippen LogP contribution in [-0.2, 0) is 10.4 Å². The molecule has 0 bridgehead atoms. The second kappa shape index (κ2) is 9.01. The Hall–Kier alpha value is -2.25. The minimum absolute atomic E-state index is 0.138. The van der Waals surface area contributed by atoms with Crippen LogP contribution < -0.4 is 22.9 Å². The number of nitrogens with zero attached hydrogens (tertiary/aromatic N) is 4. The first-order valence-corrected chi connectivity index (χ1v) is 4.95. The summed E-state index contributed by atoms with van der Waals surface area (Å²) >= 11 is 0. The highest BCUT2D eigenvalue weighted by Crippen LogP contribution is 1.67. The van der Waals surface area contributed by atoms with Gasteiger partial charge in [-0.05, 0) is 0 Å². The number of hydrogen-bond acceptors (Lipinski definition) is 6. The van der Waals surface area contributed by atoms with Crippen LogP contribution in [0.1, 0.15) is 0 Å². The summed E-state index contributed by atoms with van der Waals surface area (Å²) in [6.45, 7) is 0. The molecule has 0 saturated carbocycles.